The highest BCUT2D eigenvalue weighted by molar-refractivity contribution is 9.10. The number of nitrogens with one attached hydrogen (secondary N) is 1. The van der Waals surface area contributed by atoms with Crippen molar-refractivity contribution >= 4 is 21.8 Å². The van der Waals surface area contributed by atoms with E-state index in [1.165, 1.54) is 5.56 Å². The molecule has 0 saturated carbocycles. The smallest absolute Gasteiger partial charge is 0.258 e. The maximum Gasteiger partial charge on any atom is 0.258 e. The van der Waals surface area contributed by atoms with Gasteiger partial charge in [0.1, 0.15) is 19.0 Å². The Kier molecular flexibility index (Phi) is 6.18. The van der Waals surface area contributed by atoms with Crippen LogP contribution in [0.4, 0.5) is 0 Å². The van der Waals surface area contributed by atoms with Gasteiger partial charge in [-0.1, -0.05) is 32.9 Å². The predicted octanol–water partition coefficient (Wildman–Crippen LogP) is 4.77. The van der Waals surface area contributed by atoms with Gasteiger partial charge in [-0.2, -0.15) is 0 Å². The molecule has 0 saturated heterocycles. The van der Waals surface area contributed by atoms with Gasteiger partial charge in [0.05, 0.1) is 10.5 Å². The highest BCUT2D eigenvalue weighted by atomic mass is 79.9. The Labute approximate surface area is 174 Å². The van der Waals surface area contributed by atoms with Crippen molar-refractivity contribution in [3.05, 3.63) is 52.0 Å². The molecule has 0 aromatic heterocycles. The summed E-state index contributed by atoms with van der Waals surface area (Å²) in [6, 6.07) is 11.5. The molecule has 0 bridgehead atoms. The largest absolute Gasteiger partial charge is 0.486 e. The third-order valence-electron chi connectivity index (χ3n) is 4.60. The van der Waals surface area contributed by atoms with Crippen molar-refractivity contribution in [1.82, 2.24) is 5.32 Å². The van der Waals surface area contributed by atoms with E-state index in [1.54, 1.807) is 0 Å². The molecule has 2 aromatic carbocycles. The molecule has 0 spiro atoms. The van der Waals surface area contributed by atoms with Crippen molar-refractivity contribution in [2.75, 3.05) is 19.8 Å². The van der Waals surface area contributed by atoms with Crippen LogP contribution in [0.3, 0.4) is 0 Å². The normalized spacial score (nSPS) is 14.3. The summed E-state index contributed by atoms with van der Waals surface area (Å²) in [6.07, 6.45) is 0. The van der Waals surface area contributed by atoms with Gasteiger partial charge in [0.25, 0.3) is 5.91 Å². The van der Waals surface area contributed by atoms with Gasteiger partial charge in [0, 0.05) is 0 Å². The van der Waals surface area contributed by atoms with Crippen LogP contribution in [-0.4, -0.2) is 25.7 Å². The number of carbonyl (C=O) groups excluding carboxylic acids is 1. The lowest BCUT2D eigenvalue weighted by Crippen LogP contribution is -2.31. The molecule has 5 nitrogen and oxygen atoms in total. The Morgan fingerprint density at radius 3 is 2.54 bits per heavy atom. The molecular formula is C22H26BrNO4. The molecule has 1 aliphatic heterocycles. The zero-order valence-corrected chi connectivity index (χ0v) is 18.3. The molecular weight excluding hydrogens is 422 g/mol. The Hall–Kier alpha value is -2.21. The standard InChI is InChI=1S/C22H26BrNO4/c1-14(15-5-7-19-20(11-15)27-10-9-26-19)24-21(25)13-28-18-8-6-16(12-17(18)23)22(2,3)4/h5-8,11-12,14H,9-10,13H2,1-4H3,(H,24,25). The summed E-state index contributed by atoms with van der Waals surface area (Å²) < 4.78 is 17.7. The zero-order valence-electron chi connectivity index (χ0n) is 16.7. The van der Waals surface area contributed by atoms with Gasteiger partial charge < -0.3 is 19.5 Å². The van der Waals surface area contributed by atoms with E-state index >= 15 is 0 Å². The number of amides is 1. The summed E-state index contributed by atoms with van der Waals surface area (Å²) in [5.74, 6) is 1.91. The van der Waals surface area contributed by atoms with Gasteiger partial charge in [0.15, 0.2) is 18.1 Å². The average molecular weight is 448 g/mol. The van der Waals surface area contributed by atoms with Crippen LogP contribution in [0.25, 0.3) is 0 Å². The van der Waals surface area contributed by atoms with Gasteiger partial charge in [0.2, 0.25) is 0 Å². The molecule has 6 heteroatoms. The van der Waals surface area contributed by atoms with Crippen molar-refractivity contribution < 1.29 is 19.0 Å². The second-order valence-electron chi connectivity index (χ2n) is 7.88. The molecule has 1 amide bonds. The Bertz CT molecular complexity index is 860. The van der Waals surface area contributed by atoms with E-state index < -0.39 is 0 Å². The van der Waals surface area contributed by atoms with E-state index in [0.717, 1.165) is 15.8 Å². The van der Waals surface area contributed by atoms with Crippen molar-refractivity contribution in [3.8, 4) is 17.2 Å². The van der Waals surface area contributed by atoms with E-state index in [0.29, 0.717) is 24.7 Å². The minimum Gasteiger partial charge on any atom is -0.486 e. The molecule has 1 unspecified atom stereocenters. The summed E-state index contributed by atoms with van der Waals surface area (Å²) in [7, 11) is 0. The van der Waals surface area contributed by atoms with E-state index in [2.05, 4.69) is 42.0 Å². The number of halogens is 1. The number of hydrogen-bond acceptors (Lipinski definition) is 4. The fraction of sp³-hybridized carbons (Fsp3) is 0.409. The molecule has 1 aliphatic rings. The fourth-order valence-electron chi connectivity index (χ4n) is 2.92. The third-order valence-corrected chi connectivity index (χ3v) is 5.22. The summed E-state index contributed by atoms with van der Waals surface area (Å²) in [5.41, 5.74) is 2.20. The number of fused-ring (bicyclic) bond motifs is 1. The number of carbonyl (C=O) groups is 1. The average Bonchev–Trinajstić information content (AvgIpc) is 2.65. The van der Waals surface area contributed by atoms with Crippen LogP contribution in [0.15, 0.2) is 40.9 Å². The van der Waals surface area contributed by atoms with Gasteiger partial charge in [-0.05, 0) is 63.7 Å². The van der Waals surface area contributed by atoms with Crippen LogP contribution in [0.1, 0.15) is 44.9 Å². The molecule has 1 atom stereocenters. The molecule has 2 aromatic rings. The quantitative estimate of drug-likeness (QED) is 0.716. The van der Waals surface area contributed by atoms with Gasteiger partial charge in [-0.25, -0.2) is 0 Å². The Morgan fingerprint density at radius 1 is 1.14 bits per heavy atom. The Balaban J connectivity index is 1.57. The predicted molar refractivity (Wildman–Crippen MR) is 112 cm³/mol. The van der Waals surface area contributed by atoms with Gasteiger partial charge in [-0.15, -0.1) is 0 Å². The minimum absolute atomic E-state index is 0.0531. The lowest BCUT2D eigenvalue weighted by atomic mass is 9.87. The molecule has 0 radical (unpaired) electrons. The second-order valence-corrected chi connectivity index (χ2v) is 8.73. The lowest BCUT2D eigenvalue weighted by molar-refractivity contribution is -0.123. The van der Waals surface area contributed by atoms with Crippen molar-refractivity contribution in [2.45, 2.75) is 39.2 Å². The maximum absolute atomic E-state index is 12.3. The van der Waals surface area contributed by atoms with Crippen LogP contribution in [0.2, 0.25) is 0 Å². The SMILES string of the molecule is CC(NC(=O)COc1ccc(C(C)(C)C)cc1Br)c1ccc2c(c1)OCCO2. The molecule has 150 valence electrons. The van der Waals surface area contributed by atoms with E-state index in [9.17, 15) is 4.79 Å². The zero-order chi connectivity index (χ0) is 20.3. The first-order valence-corrected chi connectivity index (χ1v) is 10.1. The monoisotopic (exact) mass is 447 g/mol. The first-order valence-electron chi connectivity index (χ1n) is 9.36. The molecule has 28 heavy (non-hydrogen) atoms. The third kappa shape index (κ3) is 4.98. The van der Waals surface area contributed by atoms with E-state index in [-0.39, 0.29) is 24.0 Å². The van der Waals surface area contributed by atoms with Crippen LogP contribution >= 0.6 is 15.9 Å². The Morgan fingerprint density at radius 2 is 1.86 bits per heavy atom. The van der Waals surface area contributed by atoms with Crippen LogP contribution in [-0.2, 0) is 10.2 Å². The highest BCUT2D eigenvalue weighted by Crippen LogP contribution is 2.33. The van der Waals surface area contributed by atoms with E-state index in [1.807, 2.05) is 43.3 Å². The van der Waals surface area contributed by atoms with Crippen molar-refractivity contribution in [3.63, 3.8) is 0 Å². The molecule has 1 heterocycles. The number of hydrogen-bond donors (Lipinski definition) is 1. The van der Waals surface area contributed by atoms with Crippen molar-refractivity contribution in [1.29, 1.82) is 0 Å². The maximum atomic E-state index is 12.3. The number of benzene rings is 2. The summed E-state index contributed by atoms with van der Waals surface area (Å²) in [6.45, 7) is 9.43. The minimum atomic E-state index is -0.186. The van der Waals surface area contributed by atoms with Crippen LogP contribution in [0, 0.1) is 0 Å². The molecule has 1 N–H and O–H groups in total. The molecule has 0 fully saturated rings. The van der Waals surface area contributed by atoms with Crippen molar-refractivity contribution in [2.24, 2.45) is 0 Å². The lowest BCUT2D eigenvalue weighted by Gasteiger charge is -2.21. The topological polar surface area (TPSA) is 56.8 Å². The van der Waals surface area contributed by atoms with Gasteiger partial charge >= 0.3 is 0 Å². The van der Waals surface area contributed by atoms with Gasteiger partial charge in [-0.3, -0.25) is 4.79 Å². The number of rotatable bonds is 5. The van der Waals surface area contributed by atoms with Crippen LogP contribution in [0.5, 0.6) is 17.2 Å². The highest BCUT2D eigenvalue weighted by Gasteiger charge is 2.18. The molecule has 3 rings (SSSR count). The van der Waals surface area contributed by atoms with Crippen LogP contribution < -0.4 is 19.5 Å². The number of ether oxygens (including phenoxy) is 3. The summed E-state index contributed by atoms with van der Waals surface area (Å²) in [4.78, 5) is 12.3. The summed E-state index contributed by atoms with van der Waals surface area (Å²) in [5, 5.41) is 2.95. The fourth-order valence-corrected chi connectivity index (χ4v) is 3.42. The second kappa shape index (κ2) is 8.43. The summed E-state index contributed by atoms with van der Waals surface area (Å²) >= 11 is 3.53. The first kappa shape index (κ1) is 20.5. The molecule has 0 aliphatic carbocycles. The van der Waals surface area contributed by atoms with E-state index in [4.69, 9.17) is 14.2 Å². The first-order chi connectivity index (χ1) is 13.2.